The second kappa shape index (κ2) is 10.1. The van der Waals surface area contributed by atoms with Crippen LogP contribution in [-0.2, 0) is 19.6 Å². The van der Waals surface area contributed by atoms with E-state index in [-0.39, 0.29) is 17.9 Å². The molecule has 2 aromatic carbocycles. The Hall–Kier alpha value is -2.30. The van der Waals surface area contributed by atoms with Crippen LogP contribution in [0.5, 0.6) is 11.5 Å². The maximum atomic E-state index is 12.6. The Morgan fingerprint density at radius 1 is 0.967 bits per heavy atom. The third-order valence-electron chi connectivity index (χ3n) is 4.02. The van der Waals surface area contributed by atoms with Crippen molar-refractivity contribution in [1.82, 2.24) is 0 Å². The molecule has 0 N–H and O–H groups in total. The summed E-state index contributed by atoms with van der Waals surface area (Å²) in [7, 11) is -5.75. The zero-order valence-corrected chi connectivity index (χ0v) is 17.5. The van der Waals surface area contributed by atoms with Gasteiger partial charge >= 0.3 is 15.6 Å². The van der Waals surface area contributed by atoms with Crippen LogP contribution in [0.15, 0.2) is 42.5 Å². The van der Waals surface area contributed by atoms with Gasteiger partial charge in [0, 0.05) is 18.8 Å². The minimum absolute atomic E-state index is 0.193. The molecule has 0 radical (unpaired) electrons. The summed E-state index contributed by atoms with van der Waals surface area (Å²) in [6.07, 6.45) is -0.494. The zero-order chi connectivity index (χ0) is 22.4. The van der Waals surface area contributed by atoms with Gasteiger partial charge in [-0.2, -0.15) is 21.6 Å². The maximum absolute atomic E-state index is 12.6. The van der Waals surface area contributed by atoms with E-state index in [0.29, 0.717) is 30.1 Å². The summed E-state index contributed by atoms with van der Waals surface area (Å²) in [4.78, 5) is 0. The molecular formula is C20H23F3O6S. The first-order chi connectivity index (χ1) is 14.1. The molecule has 30 heavy (non-hydrogen) atoms. The van der Waals surface area contributed by atoms with Crippen LogP contribution in [-0.4, -0.2) is 40.0 Å². The van der Waals surface area contributed by atoms with E-state index in [1.54, 1.807) is 30.3 Å². The van der Waals surface area contributed by atoms with Crippen molar-refractivity contribution >= 4 is 10.1 Å². The van der Waals surface area contributed by atoms with Gasteiger partial charge in [-0.25, -0.2) is 0 Å². The van der Waals surface area contributed by atoms with Gasteiger partial charge in [0.15, 0.2) is 6.29 Å². The van der Waals surface area contributed by atoms with Crippen molar-refractivity contribution in [2.45, 2.75) is 32.6 Å². The van der Waals surface area contributed by atoms with Gasteiger partial charge in [0.25, 0.3) is 0 Å². The molecule has 0 aliphatic carbocycles. The Balaban J connectivity index is 2.17. The number of rotatable bonds is 10. The van der Waals surface area contributed by atoms with Gasteiger partial charge in [-0.1, -0.05) is 24.3 Å². The first-order valence-corrected chi connectivity index (χ1v) is 10.6. The zero-order valence-electron chi connectivity index (χ0n) is 16.7. The molecule has 10 heteroatoms. The van der Waals surface area contributed by atoms with E-state index in [1.165, 1.54) is 19.1 Å². The molecule has 0 bridgehead atoms. The van der Waals surface area contributed by atoms with Gasteiger partial charge in [-0.05, 0) is 50.1 Å². The van der Waals surface area contributed by atoms with Crippen molar-refractivity contribution in [3.05, 3.63) is 48.0 Å². The summed E-state index contributed by atoms with van der Waals surface area (Å²) in [5, 5.41) is 0. The summed E-state index contributed by atoms with van der Waals surface area (Å²) in [5.74, 6) is 0.161. The van der Waals surface area contributed by atoms with E-state index >= 15 is 0 Å². The molecule has 166 valence electrons. The van der Waals surface area contributed by atoms with Crippen molar-refractivity contribution in [1.29, 1.82) is 0 Å². The predicted octanol–water partition coefficient (Wildman–Crippen LogP) is 4.67. The maximum Gasteiger partial charge on any atom is 0.534 e. The molecule has 2 rings (SSSR count). The Morgan fingerprint density at radius 3 is 2.10 bits per heavy atom. The second-order valence-electron chi connectivity index (χ2n) is 6.09. The standard InChI is InChI=1S/C20H23F3O6S/c1-4-26-19(27-5-2)13-28-16-11-9-15(10-12-16)17-7-6-8-18(14(17)3)29-30(24,25)20(21,22)23/h6-12,19H,4-5,13H2,1-3H3. The molecule has 0 heterocycles. The van der Waals surface area contributed by atoms with E-state index < -0.39 is 21.9 Å². The van der Waals surface area contributed by atoms with Gasteiger partial charge < -0.3 is 18.4 Å². The summed E-state index contributed by atoms with van der Waals surface area (Å²) < 4.78 is 81.1. The SMILES string of the molecule is CCOC(COc1ccc(-c2cccc(OS(=O)(=O)C(F)(F)F)c2C)cc1)OCC. The molecule has 0 aromatic heterocycles. The van der Waals surface area contributed by atoms with Crippen molar-refractivity contribution in [2.24, 2.45) is 0 Å². The lowest BCUT2D eigenvalue weighted by atomic mass is 10.00. The molecule has 0 unspecified atom stereocenters. The third-order valence-corrected chi connectivity index (χ3v) is 4.99. The normalized spacial score (nSPS) is 12.2. The Morgan fingerprint density at radius 2 is 1.57 bits per heavy atom. The largest absolute Gasteiger partial charge is 0.534 e. The van der Waals surface area contributed by atoms with Gasteiger partial charge in [0.05, 0.1) is 0 Å². The van der Waals surface area contributed by atoms with Crippen molar-refractivity contribution in [2.75, 3.05) is 19.8 Å². The van der Waals surface area contributed by atoms with Crippen LogP contribution in [0.2, 0.25) is 0 Å². The average molecular weight is 448 g/mol. The van der Waals surface area contributed by atoms with Gasteiger partial charge in [-0.15, -0.1) is 0 Å². The molecule has 0 atom stereocenters. The monoisotopic (exact) mass is 448 g/mol. The summed E-state index contributed by atoms with van der Waals surface area (Å²) in [6, 6.07) is 11.0. The number of alkyl halides is 3. The van der Waals surface area contributed by atoms with Crippen LogP contribution in [0.4, 0.5) is 13.2 Å². The Kier molecular flexibility index (Phi) is 8.10. The molecule has 0 saturated carbocycles. The topological polar surface area (TPSA) is 71.1 Å². The fourth-order valence-corrected chi connectivity index (χ4v) is 3.11. The molecule has 0 aliphatic rings. The highest BCUT2D eigenvalue weighted by Gasteiger charge is 2.48. The van der Waals surface area contributed by atoms with E-state index in [9.17, 15) is 21.6 Å². The molecule has 0 saturated heterocycles. The van der Waals surface area contributed by atoms with Crippen LogP contribution in [0.25, 0.3) is 11.1 Å². The lowest BCUT2D eigenvalue weighted by Gasteiger charge is -2.17. The molecule has 0 aliphatic heterocycles. The number of benzene rings is 2. The highest BCUT2D eigenvalue weighted by atomic mass is 32.2. The van der Waals surface area contributed by atoms with Gasteiger partial charge in [0.2, 0.25) is 0 Å². The summed E-state index contributed by atoms with van der Waals surface area (Å²) in [6.45, 7) is 6.33. The molecule has 0 amide bonds. The van der Waals surface area contributed by atoms with Crippen molar-refractivity contribution in [3.63, 3.8) is 0 Å². The molecule has 0 spiro atoms. The number of hydrogen-bond donors (Lipinski definition) is 0. The fraction of sp³-hybridized carbons (Fsp3) is 0.400. The number of halogens is 3. The minimum Gasteiger partial charge on any atom is -0.488 e. The minimum atomic E-state index is -5.75. The lowest BCUT2D eigenvalue weighted by Crippen LogP contribution is -2.28. The molecular weight excluding hydrogens is 425 g/mol. The molecule has 6 nitrogen and oxygen atoms in total. The Bertz CT molecular complexity index is 921. The van der Waals surface area contributed by atoms with Crippen LogP contribution < -0.4 is 8.92 Å². The second-order valence-corrected chi connectivity index (χ2v) is 7.63. The average Bonchev–Trinajstić information content (AvgIpc) is 2.68. The van der Waals surface area contributed by atoms with Crippen LogP contribution in [0, 0.1) is 6.92 Å². The van der Waals surface area contributed by atoms with Crippen LogP contribution >= 0.6 is 0 Å². The first kappa shape index (κ1) is 24.0. The molecule has 0 fully saturated rings. The Labute approximate surface area is 173 Å². The van der Waals surface area contributed by atoms with E-state index in [2.05, 4.69) is 4.18 Å². The van der Waals surface area contributed by atoms with Crippen LogP contribution in [0.3, 0.4) is 0 Å². The highest BCUT2D eigenvalue weighted by molar-refractivity contribution is 7.88. The van der Waals surface area contributed by atoms with Crippen LogP contribution in [0.1, 0.15) is 19.4 Å². The number of ether oxygens (including phenoxy) is 3. The third kappa shape index (κ3) is 6.10. The predicted molar refractivity (Wildman–Crippen MR) is 105 cm³/mol. The summed E-state index contributed by atoms with van der Waals surface area (Å²) >= 11 is 0. The quantitative estimate of drug-likeness (QED) is 0.299. The van der Waals surface area contributed by atoms with Gasteiger partial charge in [-0.3, -0.25) is 0 Å². The van der Waals surface area contributed by atoms with E-state index in [0.717, 1.165) is 0 Å². The number of hydrogen-bond acceptors (Lipinski definition) is 6. The van der Waals surface area contributed by atoms with E-state index in [4.69, 9.17) is 14.2 Å². The fourth-order valence-electron chi connectivity index (χ4n) is 2.59. The van der Waals surface area contributed by atoms with Gasteiger partial charge in [0.1, 0.15) is 18.1 Å². The van der Waals surface area contributed by atoms with Crippen molar-refractivity contribution in [3.8, 4) is 22.6 Å². The lowest BCUT2D eigenvalue weighted by molar-refractivity contribution is -0.152. The van der Waals surface area contributed by atoms with E-state index in [1.807, 2.05) is 13.8 Å². The smallest absolute Gasteiger partial charge is 0.488 e. The highest BCUT2D eigenvalue weighted by Crippen LogP contribution is 2.34. The first-order valence-electron chi connectivity index (χ1n) is 9.15. The van der Waals surface area contributed by atoms with Crippen molar-refractivity contribution < 1.29 is 40.0 Å². The summed E-state index contributed by atoms with van der Waals surface area (Å²) in [5.41, 5.74) is -4.07. The molecule has 2 aromatic rings.